The molecule has 0 bridgehead atoms. The van der Waals surface area contributed by atoms with E-state index in [1.165, 1.54) is 12.1 Å². The fourth-order valence-electron chi connectivity index (χ4n) is 4.28. The normalized spacial score (nSPS) is 14.8. The lowest BCUT2D eigenvalue weighted by molar-refractivity contribution is -0.131. The first kappa shape index (κ1) is 24.5. The summed E-state index contributed by atoms with van der Waals surface area (Å²) >= 11 is 12.5. The summed E-state index contributed by atoms with van der Waals surface area (Å²) in [5.41, 5.74) is 1.13. The van der Waals surface area contributed by atoms with Crippen molar-refractivity contribution in [1.82, 2.24) is 15.2 Å². The summed E-state index contributed by atoms with van der Waals surface area (Å²) in [6.07, 6.45) is 0.593. The maximum absolute atomic E-state index is 14.7. The molecular weight excluding hydrogens is 496 g/mol. The molecule has 180 valence electrons. The van der Waals surface area contributed by atoms with Gasteiger partial charge in [0, 0.05) is 16.6 Å². The number of aromatic amines is 1. The zero-order chi connectivity index (χ0) is 25.3. The molecule has 11 heteroatoms. The Bertz CT molecular complexity index is 1450. The molecular formula is C24H20Cl2FN5O3. The van der Waals surface area contributed by atoms with Crippen molar-refractivity contribution in [3.8, 4) is 6.07 Å². The third-order valence-corrected chi connectivity index (χ3v) is 6.47. The van der Waals surface area contributed by atoms with E-state index in [0.717, 1.165) is 17.2 Å². The van der Waals surface area contributed by atoms with E-state index in [0.29, 0.717) is 28.4 Å². The summed E-state index contributed by atoms with van der Waals surface area (Å²) < 4.78 is 14.7. The van der Waals surface area contributed by atoms with Crippen LogP contribution in [-0.4, -0.2) is 41.3 Å². The van der Waals surface area contributed by atoms with Gasteiger partial charge < -0.3 is 20.5 Å². The van der Waals surface area contributed by atoms with Gasteiger partial charge in [0.15, 0.2) is 0 Å². The summed E-state index contributed by atoms with van der Waals surface area (Å²) in [6, 6.07) is 8.77. The molecule has 2 heterocycles. The van der Waals surface area contributed by atoms with E-state index in [9.17, 15) is 18.8 Å². The number of nitrogens with one attached hydrogen (secondary N) is 3. The van der Waals surface area contributed by atoms with Crippen molar-refractivity contribution >= 4 is 51.5 Å². The number of hydrogen-bond donors (Lipinski definition) is 3. The third kappa shape index (κ3) is 4.94. The molecule has 1 unspecified atom stereocenters. The molecule has 0 aliphatic carbocycles. The lowest BCUT2D eigenvalue weighted by Crippen LogP contribution is -2.42. The minimum atomic E-state index is -0.716. The quantitative estimate of drug-likeness (QED) is 0.446. The number of anilines is 1. The lowest BCUT2D eigenvalue weighted by Gasteiger charge is -2.36. The summed E-state index contributed by atoms with van der Waals surface area (Å²) in [6.45, 7) is 1.92. The van der Waals surface area contributed by atoms with Crippen LogP contribution in [0.5, 0.6) is 0 Å². The zero-order valence-electron chi connectivity index (χ0n) is 18.5. The number of nitriles is 1. The fraction of sp³-hybridized carbons (Fsp3) is 0.250. The van der Waals surface area contributed by atoms with Crippen LogP contribution in [0.25, 0.3) is 10.8 Å². The first-order chi connectivity index (χ1) is 16.7. The number of pyridine rings is 1. The summed E-state index contributed by atoms with van der Waals surface area (Å²) in [4.78, 5) is 41.5. The van der Waals surface area contributed by atoms with Gasteiger partial charge in [-0.3, -0.25) is 14.4 Å². The highest BCUT2D eigenvalue weighted by molar-refractivity contribution is 6.35. The Hall–Kier alpha value is -3.61. The van der Waals surface area contributed by atoms with Crippen LogP contribution >= 0.6 is 23.2 Å². The highest BCUT2D eigenvalue weighted by Gasteiger charge is 2.29. The second kappa shape index (κ2) is 9.94. The monoisotopic (exact) mass is 515 g/mol. The van der Waals surface area contributed by atoms with Gasteiger partial charge in [-0.25, -0.2) is 4.39 Å². The smallest absolute Gasteiger partial charge is 0.268 e. The van der Waals surface area contributed by atoms with Gasteiger partial charge in [-0.1, -0.05) is 23.2 Å². The molecule has 8 nitrogen and oxygen atoms in total. The third-order valence-electron chi connectivity index (χ3n) is 5.94. The van der Waals surface area contributed by atoms with Gasteiger partial charge in [0.2, 0.25) is 5.91 Å². The Balaban J connectivity index is 1.54. The first-order valence-electron chi connectivity index (χ1n) is 10.7. The molecule has 0 radical (unpaired) electrons. The van der Waals surface area contributed by atoms with Gasteiger partial charge in [0.25, 0.3) is 11.5 Å². The van der Waals surface area contributed by atoms with Crippen molar-refractivity contribution in [2.45, 2.75) is 19.4 Å². The van der Waals surface area contributed by atoms with Crippen molar-refractivity contribution in [1.29, 1.82) is 5.26 Å². The van der Waals surface area contributed by atoms with Crippen LogP contribution in [0.3, 0.4) is 0 Å². The average Bonchev–Trinajstić information content (AvgIpc) is 2.81. The Morgan fingerprint density at radius 2 is 2.03 bits per heavy atom. The number of amides is 2. The van der Waals surface area contributed by atoms with Gasteiger partial charge >= 0.3 is 0 Å². The lowest BCUT2D eigenvalue weighted by atomic mass is 9.93. The SMILES string of the molecule is CC1c2c(Cl)cc(Cl)cc2CCN1C(=O)CNc1cc2cc(C(=O)NCC#N)[nH]c(=O)c2cc1F. The largest absolute Gasteiger partial charge is 0.374 e. The van der Waals surface area contributed by atoms with Gasteiger partial charge in [0.1, 0.15) is 18.1 Å². The summed E-state index contributed by atoms with van der Waals surface area (Å²) in [5, 5.41) is 15.1. The molecule has 35 heavy (non-hydrogen) atoms. The minimum absolute atomic E-state index is 0.00899. The van der Waals surface area contributed by atoms with Crippen molar-refractivity contribution in [2.24, 2.45) is 0 Å². The standard InChI is InChI=1S/C24H20Cl2FN5O3/c1-12-22-13(6-15(25)9-17(22)26)2-5-32(12)21(33)11-30-19-7-14-8-20(24(35)29-4-3-28)31-23(34)16(14)10-18(19)27/h6-10,12,30H,2,4-5,11H2,1H3,(H,29,35)(H,31,34). The van der Waals surface area contributed by atoms with Crippen LogP contribution in [0.4, 0.5) is 10.1 Å². The van der Waals surface area contributed by atoms with Crippen molar-refractivity contribution < 1.29 is 14.0 Å². The highest BCUT2D eigenvalue weighted by Crippen LogP contribution is 2.37. The topological polar surface area (TPSA) is 118 Å². The average molecular weight is 516 g/mol. The van der Waals surface area contributed by atoms with Crippen LogP contribution in [0, 0.1) is 17.1 Å². The van der Waals surface area contributed by atoms with E-state index < -0.39 is 17.3 Å². The number of rotatable bonds is 5. The minimum Gasteiger partial charge on any atom is -0.374 e. The number of carbonyl (C=O) groups excluding carboxylic acids is 2. The number of halogens is 3. The molecule has 2 amide bonds. The van der Waals surface area contributed by atoms with Gasteiger partial charge in [0.05, 0.1) is 29.7 Å². The maximum Gasteiger partial charge on any atom is 0.268 e. The van der Waals surface area contributed by atoms with Gasteiger partial charge in [-0.05, 0) is 60.2 Å². The summed E-state index contributed by atoms with van der Waals surface area (Å²) in [5.74, 6) is -1.61. The second-order valence-electron chi connectivity index (χ2n) is 8.10. The number of fused-ring (bicyclic) bond motifs is 2. The number of aromatic nitrogens is 1. The molecule has 0 spiro atoms. The molecule has 1 atom stereocenters. The molecule has 4 rings (SSSR count). The fourth-order valence-corrected chi connectivity index (χ4v) is 4.97. The number of carbonyl (C=O) groups is 2. The highest BCUT2D eigenvalue weighted by atomic mass is 35.5. The van der Waals surface area contributed by atoms with E-state index in [-0.39, 0.29) is 41.8 Å². The van der Waals surface area contributed by atoms with Crippen molar-refractivity contribution in [3.63, 3.8) is 0 Å². The van der Waals surface area contributed by atoms with E-state index in [2.05, 4.69) is 15.6 Å². The van der Waals surface area contributed by atoms with Crippen molar-refractivity contribution in [2.75, 3.05) is 25.0 Å². The number of H-pyrrole nitrogens is 1. The van der Waals surface area contributed by atoms with Crippen LogP contribution < -0.4 is 16.2 Å². The maximum atomic E-state index is 14.7. The molecule has 0 saturated heterocycles. The first-order valence-corrected chi connectivity index (χ1v) is 11.5. The number of nitrogens with zero attached hydrogens (tertiary/aromatic N) is 2. The molecule has 1 aliphatic heterocycles. The Kier molecular flexibility index (Phi) is 6.96. The van der Waals surface area contributed by atoms with Crippen molar-refractivity contribution in [3.05, 3.63) is 73.4 Å². The van der Waals surface area contributed by atoms with Crippen LogP contribution in [0.1, 0.15) is 34.6 Å². The Morgan fingerprint density at radius 1 is 1.26 bits per heavy atom. The molecule has 3 N–H and O–H groups in total. The van der Waals surface area contributed by atoms with E-state index in [4.69, 9.17) is 28.5 Å². The predicted molar refractivity (Wildman–Crippen MR) is 131 cm³/mol. The molecule has 1 aromatic heterocycles. The molecule has 1 aliphatic rings. The number of hydrogen-bond acceptors (Lipinski definition) is 5. The second-order valence-corrected chi connectivity index (χ2v) is 8.94. The molecule has 0 saturated carbocycles. The zero-order valence-corrected chi connectivity index (χ0v) is 20.1. The van der Waals surface area contributed by atoms with E-state index in [1.807, 2.05) is 13.0 Å². The van der Waals surface area contributed by atoms with Gasteiger partial charge in [-0.2, -0.15) is 5.26 Å². The molecule has 3 aromatic rings. The summed E-state index contributed by atoms with van der Waals surface area (Å²) in [7, 11) is 0. The molecule has 0 fully saturated rings. The van der Waals surface area contributed by atoms with Crippen LogP contribution in [-0.2, 0) is 11.2 Å². The number of benzene rings is 2. The van der Waals surface area contributed by atoms with Crippen LogP contribution in [0.15, 0.2) is 35.1 Å². The van der Waals surface area contributed by atoms with E-state index >= 15 is 0 Å². The Labute approximate surface area is 209 Å². The van der Waals surface area contributed by atoms with Gasteiger partial charge in [-0.15, -0.1) is 0 Å². The Morgan fingerprint density at radius 3 is 2.77 bits per heavy atom. The van der Waals surface area contributed by atoms with E-state index in [1.54, 1.807) is 17.0 Å². The molecule has 2 aromatic carbocycles. The predicted octanol–water partition coefficient (Wildman–Crippen LogP) is 3.79. The van der Waals surface area contributed by atoms with Crippen LogP contribution in [0.2, 0.25) is 10.0 Å².